The van der Waals surface area contributed by atoms with Crippen molar-refractivity contribution in [1.82, 2.24) is 15.1 Å². The highest BCUT2D eigenvalue weighted by molar-refractivity contribution is 4.99. The van der Waals surface area contributed by atoms with Crippen LogP contribution in [0.3, 0.4) is 0 Å². The van der Waals surface area contributed by atoms with E-state index in [1.165, 1.54) is 37.7 Å². The average molecular weight is 235 g/mol. The molecule has 0 aromatic carbocycles. The van der Waals surface area contributed by atoms with E-state index in [1.807, 2.05) is 6.20 Å². The second-order valence-corrected chi connectivity index (χ2v) is 5.34. The van der Waals surface area contributed by atoms with Crippen molar-refractivity contribution in [3.05, 3.63) is 18.0 Å². The standard InChI is InChI=1S/C14H25N3/c1-3-8-15-14(13-6-4-5-7-13)11-17-10-12(2)9-16-17/h9-10,13-15H,3-8,11H2,1-2H3. The van der Waals surface area contributed by atoms with Crippen LogP contribution in [-0.2, 0) is 6.54 Å². The summed E-state index contributed by atoms with van der Waals surface area (Å²) in [6.07, 6.45) is 10.9. The highest BCUT2D eigenvalue weighted by Gasteiger charge is 2.24. The molecule has 3 nitrogen and oxygen atoms in total. The summed E-state index contributed by atoms with van der Waals surface area (Å²) < 4.78 is 2.10. The highest BCUT2D eigenvalue weighted by Crippen LogP contribution is 2.28. The molecule has 17 heavy (non-hydrogen) atoms. The lowest BCUT2D eigenvalue weighted by Gasteiger charge is -2.24. The van der Waals surface area contributed by atoms with Crippen molar-refractivity contribution < 1.29 is 0 Å². The summed E-state index contributed by atoms with van der Waals surface area (Å²) in [5.41, 5.74) is 1.26. The van der Waals surface area contributed by atoms with Crippen LogP contribution >= 0.6 is 0 Å². The van der Waals surface area contributed by atoms with Crippen LogP contribution in [0.1, 0.15) is 44.6 Å². The molecule has 0 spiro atoms. The topological polar surface area (TPSA) is 29.9 Å². The Morgan fingerprint density at radius 3 is 2.82 bits per heavy atom. The minimum Gasteiger partial charge on any atom is -0.312 e. The van der Waals surface area contributed by atoms with Gasteiger partial charge in [0.2, 0.25) is 0 Å². The van der Waals surface area contributed by atoms with Crippen molar-refractivity contribution in [2.24, 2.45) is 5.92 Å². The van der Waals surface area contributed by atoms with E-state index in [-0.39, 0.29) is 0 Å². The van der Waals surface area contributed by atoms with Gasteiger partial charge in [-0.3, -0.25) is 4.68 Å². The molecule has 1 N–H and O–H groups in total. The first kappa shape index (κ1) is 12.6. The lowest BCUT2D eigenvalue weighted by atomic mass is 9.98. The average Bonchev–Trinajstić information content (AvgIpc) is 2.95. The Morgan fingerprint density at radius 2 is 2.24 bits per heavy atom. The van der Waals surface area contributed by atoms with Crippen molar-refractivity contribution >= 4 is 0 Å². The summed E-state index contributed by atoms with van der Waals surface area (Å²) in [5.74, 6) is 0.853. The SMILES string of the molecule is CCCNC(Cn1cc(C)cn1)C1CCCC1. The number of aryl methyl sites for hydroxylation is 1. The van der Waals surface area contributed by atoms with E-state index in [2.05, 4.69) is 35.1 Å². The molecule has 1 saturated carbocycles. The third kappa shape index (κ3) is 3.56. The third-order valence-corrected chi connectivity index (χ3v) is 3.77. The van der Waals surface area contributed by atoms with Crippen molar-refractivity contribution in [3.63, 3.8) is 0 Å². The molecule has 0 radical (unpaired) electrons. The summed E-state index contributed by atoms with van der Waals surface area (Å²) in [7, 11) is 0. The van der Waals surface area contributed by atoms with Crippen LogP contribution in [0.2, 0.25) is 0 Å². The molecule has 0 aliphatic heterocycles. The molecule has 1 fully saturated rings. The van der Waals surface area contributed by atoms with Gasteiger partial charge in [0.05, 0.1) is 12.7 Å². The van der Waals surface area contributed by atoms with E-state index in [0.717, 1.165) is 19.0 Å². The summed E-state index contributed by atoms with van der Waals surface area (Å²) in [6, 6.07) is 0.608. The van der Waals surface area contributed by atoms with Crippen LogP contribution in [0.25, 0.3) is 0 Å². The van der Waals surface area contributed by atoms with Crippen LogP contribution in [0, 0.1) is 12.8 Å². The Balaban J connectivity index is 1.94. The Morgan fingerprint density at radius 1 is 1.47 bits per heavy atom. The predicted molar refractivity (Wildman–Crippen MR) is 71.0 cm³/mol. The van der Waals surface area contributed by atoms with Crippen LogP contribution < -0.4 is 5.32 Å². The van der Waals surface area contributed by atoms with Gasteiger partial charge in [-0.1, -0.05) is 19.8 Å². The smallest absolute Gasteiger partial charge is 0.0565 e. The highest BCUT2D eigenvalue weighted by atomic mass is 15.3. The largest absolute Gasteiger partial charge is 0.312 e. The van der Waals surface area contributed by atoms with E-state index < -0.39 is 0 Å². The number of nitrogens with one attached hydrogen (secondary N) is 1. The summed E-state index contributed by atoms with van der Waals surface area (Å²) in [6.45, 7) is 6.49. The number of rotatable bonds is 6. The van der Waals surface area contributed by atoms with E-state index >= 15 is 0 Å². The molecule has 2 rings (SSSR count). The summed E-state index contributed by atoms with van der Waals surface area (Å²) in [5, 5.41) is 8.12. The quantitative estimate of drug-likeness (QED) is 0.821. The zero-order valence-electron chi connectivity index (χ0n) is 11.2. The molecule has 96 valence electrons. The van der Waals surface area contributed by atoms with E-state index in [0.29, 0.717) is 6.04 Å². The van der Waals surface area contributed by atoms with E-state index in [9.17, 15) is 0 Å². The molecule has 0 bridgehead atoms. The summed E-state index contributed by atoms with van der Waals surface area (Å²) in [4.78, 5) is 0. The lowest BCUT2D eigenvalue weighted by molar-refractivity contribution is 0.312. The normalized spacial score (nSPS) is 18.7. The molecule has 1 aromatic heterocycles. The van der Waals surface area contributed by atoms with Gasteiger partial charge in [0.15, 0.2) is 0 Å². The van der Waals surface area contributed by atoms with Crippen molar-refractivity contribution in [2.45, 2.75) is 58.5 Å². The van der Waals surface area contributed by atoms with Gasteiger partial charge in [-0.25, -0.2) is 0 Å². The molecule has 1 heterocycles. The fraction of sp³-hybridized carbons (Fsp3) is 0.786. The molecule has 1 aliphatic rings. The minimum absolute atomic E-state index is 0.608. The van der Waals surface area contributed by atoms with Crippen LogP contribution in [0.15, 0.2) is 12.4 Å². The number of hydrogen-bond donors (Lipinski definition) is 1. The van der Waals surface area contributed by atoms with Gasteiger partial charge < -0.3 is 5.32 Å². The maximum atomic E-state index is 4.41. The second kappa shape index (κ2) is 6.20. The maximum absolute atomic E-state index is 4.41. The number of aromatic nitrogens is 2. The van der Waals surface area contributed by atoms with Gasteiger partial charge >= 0.3 is 0 Å². The van der Waals surface area contributed by atoms with Gasteiger partial charge in [0, 0.05) is 12.2 Å². The first-order valence-electron chi connectivity index (χ1n) is 7.02. The molecular formula is C14H25N3. The molecule has 0 amide bonds. The van der Waals surface area contributed by atoms with E-state index in [4.69, 9.17) is 0 Å². The lowest BCUT2D eigenvalue weighted by Crippen LogP contribution is -2.39. The molecule has 1 atom stereocenters. The molecule has 3 heteroatoms. The van der Waals surface area contributed by atoms with Gasteiger partial charge in [-0.05, 0) is 44.2 Å². The Bertz CT molecular complexity index is 326. The molecule has 0 saturated heterocycles. The van der Waals surface area contributed by atoms with Crippen molar-refractivity contribution in [1.29, 1.82) is 0 Å². The molecule has 1 aromatic rings. The predicted octanol–water partition coefficient (Wildman–Crippen LogP) is 2.75. The van der Waals surface area contributed by atoms with Gasteiger partial charge in [-0.2, -0.15) is 5.10 Å². The summed E-state index contributed by atoms with van der Waals surface area (Å²) >= 11 is 0. The van der Waals surface area contributed by atoms with Crippen LogP contribution in [0.5, 0.6) is 0 Å². The number of nitrogens with zero attached hydrogens (tertiary/aromatic N) is 2. The zero-order chi connectivity index (χ0) is 12.1. The minimum atomic E-state index is 0.608. The van der Waals surface area contributed by atoms with Gasteiger partial charge in [0.1, 0.15) is 0 Å². The molecule has 1 unspecified atom stereocenters. The first-order valence-corrected chi connectivity index (χ1v) is 7.02. The fourth-order valence-corrected chi connectivity index (χ4v) is 2.84. The van der Waals surface area contributed by atoms with Crippen molar-refractivity contribution in [2.75, 3.05) is 6.54 Å². The third-order valence-electron chi connectivity index (χ3n) is 3.77. The maximum Gasteiger partial charge on any atom is 0.0565 e. The Kier molecular flexibility index (Phi) is 4.60. The zero-order valence-corrected chi connectivity index (χ0v) is 11.2. The first-order chi connectivity index (χ1) is 8.29. The van der Waals surface area contributed by atoms with Crippen LogP contribution in [0.4, 0.5) is 0 Å². The van der Waals surface area contributed by atoms with Crippen molar-refractivity contribution in [3.8, 4) is 0 Å². The number of hydrogen-bond acceptors (Lipinski definition) is 2. The molecular weight excluding hydrogens is 210 g/mol. The fourth-order valence-electron chi connectivity index (χ4n) is 2.84. The second-order valence-electron chi connectivity index (χ2n) is 5.34. The Labute approximate surface area is 105 Å². The van der Waals surface area contributed by atoms with E-state index in [1.54, 1.807) is 0 Å². The van der Waals surface area contributed by atoms with Crippen LogP contribution in [-0.4, -0.2) is 22.4 Å². The monoisotopic (exact) mass is 235 g/mol. The van der Waals surface area contributed by atoms with Gasteiger partial charge in [-0.15, -0.1) is 0 Å². The van der Waals surface area contributed by atoms with Gasteiger partial charge in [0.25, 0.3) is 0 Å². The Hall–Kier alpha value is -0.830. The molecule has 1 aliphatic carbocycles.